The molecular weight excluding hydrogens is 290 g/mol. The second-order valence-corrected chi connectivity index (χ2v) is 6.18. The quantitative estimate of drug-likeness (QED) is 0.636. The van der Waals surface area contributed by atoms with Crippen LogP contribution in [-0.4, -0.2) is 39.3 Å². The number of urea groups is 1. The largest absolute Gasteiger partial charge is 0.497 e. The van der Waals surface area contributed by atoms with Crippen LogP contribution in [0.15, 0.2) is 24.3 Å². The summed E-state index contributed by atoms with van der Waals surface area (Å²) < 4.78 is 5.24. The third kappa shape index (κ3) is 5.43. The molecule has 0 unspecified atom stereocenters. The molecule has 0 aliphatic carbocycles. The molecule has 0 saturated carbocycles. The van der Waals surface area contributed by atoms with Gasteiger partial charge >= 0.3 is 6.03 Å². The molecule has 5 heteroatoms. The van der Waals surface area contributed by atoms with Crippen molar-refractivity contribution < 1.29 is 14.4 Å². The molecule has 1 saturated heterocycles. The van der Waals surface area contributed by atoms with Crippen LogP contribution in [0.2, 0.25) is 0 Å². The van der Waals surface area contributed by atoms with Crippen LogP contribution in [0.5, 0.6) is 5.75 Å². The predicted octanol–water partition coefficient (Wildman–Crippen LogP) is 1.51. The Hall–Kier alpha value is -1.75. The number of benzene rings is 1. The lowest BCUT2D eigenvalue weighted by Crippen LogP contribution is -3.11. The maximum Gasteiger partial charge on any atom is 0.315 e. The Kier molecular flexibility index (Phi) is 7.20. The topological polar surface area (TPSA) is 54.8 Å². The highest BCUT2D eigenvalue weighted by atomic mass is 16.5. The summed E-state index contributed by atoms with van der Waals surface area (Å²) in [6.07, 6.45) is 4.65. The van der Waals surface area contributed by atoms with E-state index < -0.39 is 0 Å². The first kappa shape index (κ1) is 17.6. The van der Waals surface area contributed by atoms with Crippen LogP contribution in [0.1, 0.15) is 44.2 Å². The van der Waals surface area contributed by atoms with Gasteiger partial charge in [0.05, 0.1) is 26.7 Å². The van der Waals surface area contributed by atoms with E-state index in [0.29, 0.717) is 12.6 Å². The highest BCUT2D eigenvalue weighted by molar-refractivity contribution is 5.73. The number of hydrogen-bond acceptors (Lipinski definition) is 2. The van der Waals surface area contributed by atoms with E-state index in [4.69, 9.17) is 4.74 Å². The average Bonchev–Trinajstić information content (AvgIpc) is 3.10. The minimum absolute atomic E-state index is 0.0597. The van der Waals surface area contributed by atoms with Crippen molar-refractivity contribution in [3.8, 4) is 5.75 Å². The molecule has 1 atom stereocenters. The Balaban J connectivity index is 1.95. The van der Waals surface area contributed by atoms with Crippen molar-refractivity contribution in [2.75, 3.05) is 33.3 Å². The van der Waals surface area contributed by atoms with E-state index in [2.05, 4.69) is 29.7 Å². The number of methoxy groups -OCH3 is 1. The summed E-state index contributed by atoms with van der Waals surface area (Å²) in [6.45, 7) is 5.88. The smallest absolute Gasteiger partial charge is 0.315 e. The summed E-state index contributed by atoms with van der Waals surface area (Å²) in [7, 11) is 1.68. The van der Waals surface area contributed by atoms with E-state index in [9.17, 15) is 4.79 Å². The highest BCUT2D eigenvalue weighted by Crippen LogP contribution is 2.16. The Morgan fingerprint density at radius 3 is 2.52 bits per heavy atom. The second-order valence-electron chi connectivity index (χ2n) is 6.18. The van der Waals surface area contributed by atoms with Gasteiger partial charge in [-0.15, -0.1) is 0 Å². The molecular formula is C18H30N3O2+. The van der Waals surface area contributed by atoms with Gasteiger partial charge in [-0.1, -0.05) is 13.3 Å². The van der Waals surface area contributed by atoms with Gasteiger partial charge in [0, 0.05) is 24.9 Å². The van der Waals surface area contributed by atoms with Crippen molar-refractivity contribution in [3.63, 3.8) is 0 Å². The molecule has 1 aliphatic rings. The zero-order valence-corrected chi connectivity index (χ0v) is 14.4. The van der Waals surface area contributed by atoms with Gasteiger partial charge in [0.2, 0.25) is 0 Å². The van der Waals surface area contributed by atoms with Crippen LogP contribution in [-0.2, 0) is 0 Å². The van der Waals surface area contributed by atoms with Gasteiger partial charge in [0.25, 0.3) is 0 Å². The molecule has 5 nitrogen and oxygen atoms in total. The fourth-order valence-electron chi connectivity index (χ4n) is 3.15. The Morgan fingerprint density at radius 2 is 1.91 bits per heavy atom. The van der Waals surface area contributed by atoms with Crippen molar-refractivity contribution in [2.45, 2.75) is 38.6 Å². The number of unbranched alkanes of at least 4 members (excludes halogenated alkanes) is 1. The molecule has 1 aliphatic heterocycles. The molecule has 2 rings (SSSR count). The molecule has 1 aromatic carbocycles. The van der Waals surface area contributed by atoms with Crippen molar-refractivity contribution in [1.82, 2.24) is 10.6 Å². The zero-order valence-electron chi connectivity index (χ0n) is 14.4. The van der Waals surface area contributed by atoms with Crippen molar-refractivity contribution in [3.05, 3.63) is 29.8 Å². The lowest BCUT2D eigenvalue weighted by molar-refractivity contribution is -0.918. The van der Waals surface area contributed by atoms with Crippen LogP contribution in [0.3, 0.4) is 0 Å². The molecule has 3 N–H and O–H groups in total. The normalized spacial score (nSPS) is 16.1. The van der Waals surface area contributed by atoms with Crippen molar-refractivity contribution in [2.24, 2.45) is 0 Å². The van der Waals surface area contributed by atoms with Crippen molar-refractivity contribution in [1.29, 1.82) is 0 Å². The molecule has 1 heterocycles. The number of rotatable bonds is 8. The van der Waals surface area contributed by atoms with E-state index in [1.807, 2.05) is 12.1 Å². The van der Waals surface area contributed by atoms with Gasteiger partial charge in [-0.2, -0.15) is 0 Å². The summed E-state index contributed by atoms with van der Waals surface area (Å²) >= 11 is 0. The molecule has 128 valence electrons. The number of carbonyl (C=O) groups excluding carboxylic acids is 1. The maximum absolute atomic E-state index is 11.9. The van der Waals surface area contributed by atoms with E-state index in [0.717, 1.165) is 25.1 Å². The molecule has 1 aromatic rings. The van der Waals surface area contributed by atoms with Crippen LogP contribution in [0, 0.1) is 0 Å². The Morgan fingerprint density at radius 1 is 1.22 bits per heavy atom. The first-order valence-electron chi connectivity index (χ1n) is 8.74. The summed E-state index contributed by atoms with van der Waals surface area (Å²) in [5, 5.41) is 5.96. The number of carbonyl (C=O) groups is 1. The molecule has 1 fully saturated rings. The monoisotopic (exact) mass is 320 g/mol. The summed E-state index contributed by atoms with van der Waals surface area (Å²) in [5.74, 6) is 0.870. The minimum atomic E-state index is -0.0597. The van der Waals surface area contributed by atoms with Gasteiger partial charge in [0.1, 0.15) is 11.8 Å². The average molecular weight is 320 g/mol. The zero-order chi connectivity index (χ0) is 16.5. The number of likely N-dealkylation sites (tertiary alicyclic amines) is 1. The summed E-state index contributed by atoms with van der Waals surface area (Å²) in [6, 6.07) is 8.48. The Labute approximate surface area is 139 Å². The maximum atomic E-state index is 11.9. The fourth-order valence-corrected chi connectivity index (χ4v) is 3.15. The van der Waals surface area contributed by atoms with Crippen LogP contribution < -0.4 is 20.3 Å². The first-order chi connectivity index (χ1) is 11.2. The summed E-state index contributed by atoms with van der Waals surface area (Å²) in [4.78, 5) is 13.5. The molecule has 0 aromatic heterocycles. The number of quaternary nitrogens is 1. The molecule has 0 bridgehead atoms. The van der Waals surface area contributed by atoms with Gasteiger partial charge < -0.3 is 20.3 Å². The van der Waals surface area contributed by atoms with Gasteiger partial charge in [0.15, 0.2) is 0 Å². The molecule has 0 spiro atoms. The third-order valence-corrected chi connectivity index (χ3v) is 4.54. The van der Waals surface area contributed by atoms with Crippen LogP contribution in [0.4, 0.5) is 4.79 Å². The van der Waals surface area contributed by atoms with Crippen LogP contribution >= 0.6 is 0 Å². The molecule has 23 heavy (non-hydrogen) atoms. The van der Waals surface area contributed by atoms with E-state index in [1.165, 1.54) is 31.5 Å². The lowest BCUT2D eigenvalue weighted by atomic mass is 10.1. The van der Waals surface area contributed by atoms with Crippen molar-refractivity contribution >= 4 is 6.03 Å². The van der Waals surface area contributed by atoms with E-state index in [-0.39, 0.29) is 6.03 Å². The minimum Gasteiger partial charge on any atom is -0.497 e. The van der Waals surface area contributed by atoms with Crippen LogP contribution in [0.25, 0.3) is 0 Å². The Bertz CT molecular complexity index is 470. The van der Waals surface area contributed by atoms with E-state index >= 15 is 0 Å². The lowest BCUT2D eigenvalue weighted by Gasteiger charge is -2.25. The molecule has 2 amide bonds. The van der Waals surface area contributed by atoms with Gasteiger partial charge in [-0.3, -0.25) is 0 Å². The standard InChI is InChI=1S/C18H29N3O2/c1-3-4-11-19-18(22)20-14-17(21-12-5-6-13-21)15-7-9-16(23-2)10-8-15/h7-10,17H,3-6,11-14H2,1-2H3,(H2,19,20,22)/p+1/t17-/m1/s1. The number of ether oxygens (including phenoxy) is 1. The van der Waals surface area contributed by atoms with Gasteiger partial charge in [-0.25, -0.2) is 4.79 Å². The first-order valence-corrected chi connectivity index (χ1v) is 8.74. The second kappa shape index (κ2) is 9.40. The predicted molar refractivity (Wildman–Crippen MR) is 92.0 cm³/mol. The van der Waals surface area contributed by atoms with E-state index in [1.54, 1.807) is 12.0 Å². The third-order valence-electron chi connectivity index (χ3n) is 4.54. The summed E-state index contributed by atoms with van der Waals surface area (Å²) in [5.41, 5.74) is 1.26. The number of hydrogen-bond donors (Lipinski definition) is 3. The highest BCUT2D eigenvalue weighted by Gasteiger charge is 2.27. The molecule has 0 radical (unpaired) electrons. The van der Waals surface area contributed by atoms with Gasteiger partial charge in [-0.05, 0) is 30.7 Å². The number of amides is 2. The fraction of sp³-hybridized carbons (Fsp3) is 0.611. The number of nitrogens with one attached hydrogen (secondary N) is 3. The SMILES string of the molecule is CCCCNC(=O)NC[C@H](c1ccc(OC)cc1)[NH+]1CCCC1.